The molecule has 0 aliphatic carbocycles. The van der Waals surface area contributed by atoms with E-state index in [1.54, 1.807) is 6.07 Å². The molecule has 138 valence electrons. The second-order valence-corrected chi connectivity index (χ2v) is 6.46. The molecule has 0 radical (unpaired) electrons. The molecule has 4 rings (SSSR count). The van der Waals surface area contributed by atoms with Gasteiger partial charge in [-0.3, -0.25) is 4.79 Å². The summed E-state index contributed by atoms with van der Waals surface area (Å²) >= 11 is 6.23. The van der Waals surface area contributed by atoms with Crippen molar-refractivity contribution >= 4 is 17.5 Å². The van der Waals surface area contributed by atoms with Gasteiger partial charge >= 0.3 is 0 Å². The third-order valence-corrected chi connectivity index (χ3v) is 4.44. The van der Waals surface area contributed by atoms with Gasteiger partial charge in [0, 0.05) is 18.2 Å². The zero-order valence-corrected chi connectivity index (χ0v) is 15.2. The Morgan fingerprint density at radius 2 is 1.93 bits per heavy atom. The van der Waals surface area contributed by atoms with Crippen LogP contribution < -0.4 is 14.8 Å². The van der Waals surface area contributed by atoms with Crippen LogP contribution in [0.5, 0.6) is 11.5 Å². The van der Waals surface area contributed by atoms with Crippen molar-refractivity contribution in [2.45, 2.75) is 6.42 Å². The van der Waals surface area contributed by atoms with Crippen molar-refractivity contribution in [2.75, 3.05) is 19.8 Å². The molecule has 0 saturated carbocycles. The molecule has 1 aromatic heterocycles. The summed E-state index contributed by atoms with van der Waals surface area (Å²) in [5.74, 6) is 1.07. The first-order valence-electron chi connectivity index (χ1n) is 8.59. The Kier molecular flexibility index (Phi) is 4.98. The minimum Gasteiger partial charge on any atom is -0.486 e. The maximum Gasteiger partial charge on any atom is 0.289 e. The summed E-state index contributed by atoms with van der Waals surface area (Å²) in [5, 5.41) is 7.28. The third kappa shape index (κ3) is 3.90. The fraction of sp³-hybridized carbons (Fsp3) is 0.200. The lowest BCUT2D eigenvalue weighted by Crippen LogP contribution is -2.25. The van der Waals surface area contributed by atoms with Gasteiger partial charge in [0.25, 0.3) is 5.91 Å². The molecule has 6 nitrogen and oxygen atoms in total. The maximum absolute atomic E-state index is 12.3. The van der Waals surface area contributed by atoms with Gasteiger partial charge in [0.1, 0.15) is 18.9 Å². The van der Waals surface area contributed by atoms with Crippen molar-refractivity contribution in [3.63, 3.8) is 0 Å². The summed E-state index contributed by atoms with van der Waals surface area (Å²) in [4.78, 5) is 12.3. The van der Waals surface area contributed by atoms with Gasteiger partial charge in [0.05, 0.1) is 5.02 Å². The molecular formula is C20H17ClN2O4. The highest BCUT2D eigenvalue weighted by Crippen LogP contribution is 2.38. The Hall–Kier alpha value is -2.99. The van der Waals surface area contributed by atoms with Crippen molar-refractivity contribution in [3.05, 3.63) is 64.9 Å². The highest BCUT2D eigenvalue weighted by molar-refractivity contribution is 6.32. The zero-order valence-electron chi connectivity index (χ0n) is 14.4. The van der Waals surface area contributed by atoms with Crippen molar-refractivity contribution in [1.29, 1.82) is 0 Å². The number of halogens is 1. The number of nitrogens with zero attached hydrogens (tertiary/aromatic N) is 1. The number of benzene rings is 2. The second-order valence-electron chi connectivity index (χ2n) is 6.05. The first-order valence-corrected chi connectivity index (χ1v) is 8.97. The number of amides is 1. The lowest BCUT2D eigenvalue weighted by molar-refractivity contribution is 0.0917. The van der Waals surface area contributed by atoms with E-state index in [1.165, 1.54) is 0 Å². The normalized spacial score (nSPS) is 12.6. The number of aromatic nitrogens is 1. The fourth-order valence-electron chi connectivity index (χ4n) is 2.84. The molecular weight excluding hydrogens is 368 g/mol. The van der Waals surface area contributed by atoms with E-state index in [0.717, 1.165) is 11.1 Å². The monoisotopic (exact) mass is 384 g/mol. The van der Waals surface area contributed by atoms with Crippen LogP contribution in [0.15, 0.2) is 53.1 Å². The predicted octanol–water partition coefficient (Wildman–Crippen LogP) is 3.74. The van der Waals surface area contributed by atoms with Gasteiger partial charge in [-0.25, -0.2) is 0 Å². The standard InChI is InChI=1S/C20H17ClN2O4/c21-15-10-13(11-17-19(15)26-9-8-25-17)6-7-22-20(24)18-12-16(23-27-18)14-4-2-1-3-5-14/h1-5,10-12H,6-9H2,(H,22,24). The van der Waals surface area contributed by atoms with Gasteiger partial charge in [-0.15, -0.1) is 0 Å². The molecule has 1 N–H and O–H groups in total. The van der Waals surface area contributed by atoms with Gasteiger partial charge in [0.15, 0.2) is 11.5 Å². The van der Waals surface area contributed by atoms with E-state index in [-0.39, 0.29) is 11.7 Å². The average molecular weight is 385 g/mol. The molecule has 0 atom stereocenters. The molecule has 1 aliphatic heterocycles. The maximum atomic E-state index is 12.3. The molecule has 1 amide bonds. The van der Waals surface area contributed by atoms with Crippen LogP contribution in [0.3, 0.4) is 0 Å². The van der Waals surface area contributed by atoms with Gasteiger partial charge < -0.3 is 19.3 Å². The first kappa shape index (κ1) is 17.4. The topological polar surface area (TPSA) is 73.6 Å². The fourth-order valence-corrected chi connectivity index (χ4v) is 3.13. The number of fused-ring (bicyclic) bond motifs is 1. The van der Waals surface area contributed by atoms with Crippen molar-refractivity contribution in [3.8, 4) is 22.8 Å². The van der Waals surface area contributed by atoms with E-state index in [2.05, 4.69) is 10.5 Å². The molecule has 2 aromatic carbocycles. The van der Waals surface area contributed by atoms with Crippen molar-refractivity contribution in [2.24, 2.45) is 0 Å². The minimum atomic E-state index is -0.312. The molecule has 3 aromatic rings. The molecule has 0 bridgehead atoms. The van der Waals surface area contributed by atoms with Crippen LogP contribution in [-0.4, -0.2) is 30.8 Å². The summed E-state index contributed by atoms with van der Waals surface area (Å²) in [7, 11) is 0. The van der Waals surface area contributed by atoms with Gasteiger partial charge in [-0.2, -0.15) is 0 Å². The van der Waals surface area contributed by atoms with Gasteiger partial charge in [-0.1, -0.05) is 47.1 Å². The Bertz CT molecular complexity index is 956. The Morgan fingerprint density at radius 3 is 2.78 bits per heavy atom. The number of rotatable bonds is 5. The number of ether oxygens (including phenoxy) is 2. The smallest absolute Gasteiger partial charge is 0.289 e. The van der Waals surface area contributed by atoms with E-state index < -0.39 is 0 Å². The summed E-state index contributed by atoms with van der Waals surface area (Å²) < 4.78 is 16.2. The van der Waals surface area contributed by atoms with Gasteiger partial charge in [0.2, 0.25) is 5.76 Å². The van der Waals surface area contributed by atoms with Crippen LogP contribution in [0.2, 0.25) is 5.02 Å². The molecule has 0 spiro atoms. The summed E-state index contributed by atoms with van der Waals surface area (Å²) in [6.45, 7) is 1.42. The van der Waals surface area contributed by atoms with E-state index in [0.29, 0.717) is 48.4 Å². The van der Waals surface area contributed by atoms with Gasteiger partial charge in [-0.05, 0) is 24.1 Å². The van der Waals surface area contributed by atoms with Crippen LogP contribution in [0.1, 0.15) is 16.1 Å². The SMILES string of the molecule is O=C(NCCc1cc(Cl)c2c(c1)OCCO2)c1cc(-c2ccccc2)no1. The molecule has 7 heteroatoms. The molecule has 0 unspecified atom stereocenters. The van der Waals surface area contributed by atoms with E-state index in [9.17, 15) is 4.79 Å². The predicted molar refractivity (Wildman–Crippen MR) is 100 cm³/mol. The Morgan fingerprint density at radius 1 is 1.11 bits per heavy atom. The highest BCUT2D eigenvalue weighted by Gasteiger charge is 2.17. The van der Waals surface area contributed by atoms with E-state index >= 15 is 0 Å². The first-order chi connectivity index (χ1) is 13.2. The van der Waals surface area contributed by atoms with Crippen LogP contribution in [0.4, 0.5) is 0 Å². The lowest BCUT2D eigenvalue weighted by atomic mass is 10.1. The molecule has 1 aliphatic rings. The molecule has 0 fully saturated rings. The number of carbonyl (C=O) groups is 1. The molecule has 27 heavy (non-hydrogen) atoms. The lowest BCUT2D eigenvalue weighted by Gasteiger charge is -2.20. The Labute approximate surface area is 161 Å². The minimum absolute atomic E-state index is 0.175. The van der Waals surface area contributed by atoms with Crippen molar-refractivity contribution in [1.82, 2.24) is 10.5 Å². The second kappa shape index (κ2) is 7.72. The summed E-state index contributed by atoms with van der Waals surface area (Å²) in [6, 6.07) is 14.9. The average Bonchev–Trinajstić information content (AvgIpc) is 3.19. The van der Waals surface area contributed by atoms with Crippen LogP contribution in [-0.2, 0) is 6.42 Å². The number of hydrogen-bond donors (Lipinski definition) is 1. The number of nitrogens with one attached hydrogen (secondary N) is 1. The third-order valence-electron chi connectivity index (χ3n) is 4.16. The summed E-state index contributed by atoms with van der Waals surface area (Å²) in [5.41, 5.74) is 2.47. The number of carbonyl (C=O) groups excluding carboxylic acids is 1. The summed E-state index contributed by atoms with van der Waals surface area (Å²) in [6.07, 6.45) is 0.599. The molecule has 2 heterocycles. The van der Waals surface area contributed by atoms with E-state index in [4.69, 9.17) is 25.6 Å². The molecule has 0 saturated heterocycles. The number of hydrogen-bond acceptors (Lipinski definition) is 5. The zero-order chi connectivity index (χ0) is 18.6. The van der Waals surface area contributed by atoms with Crippen LogP contribution in [0, 0.1) is 0 Å². The Balaban J connectivity index is 1.36. The highest BCUT2D eigenvalue weighted by atomic mass is 35.5. The van der Waals surface area contributed by atoms with Crippen LogP contribution in [0.25, 0.3) is 11.3 Å². The van der Waals surface area contributed by atoms with E-state index in [1.807, 2.05) is 42.5 Å². The largest absolute Gasteiger partial charge is 0.486 e. The van der Waals surface area contributed by atoms with Crippen molar-refractivity contribution < 1.29 is 18.8 Å². The van der Waals surface area contributed by atoms with Crippen LogP contribution >= 0.6 is 11.6 Å². The quantitative estimate of drug-likeness (QED) is 0.725.